The van der Waals surface area contributed by atoms with Gasteiger partial charge in [-0.1, -0.05) is 37.3 Å². The Morgan fingerprint density at radius 1 is 1.30 bits per heavy atom. The van der Waals surface area contributed by atoms with Crippen molar-refractivity contribution in [3.05, 3.63) is 83.2 Å². The Balaban J connectivity index is 0.00000235. The quantitative estimate of drug-likeness (QED) is 0.311. The SMILES string of the molecule is C#C.C\C=C/C(=C\C(=C\CC)C(F)(F)F)C/C=C1/C(Nc2nccc3ccc(C#N)cc23)CCCN1C. The molecule has 0 spiro atoms. The third-order valence-corrected chi connectivity index (χ3v) is 6.01. The fourth-order valence-corrected chi connectivity index (χ4v) is 4.33. The van der Waals surface area contributed by atoms with Crippen molar-refractivity contribution in [3.63, 3.8) is 0 Å². The van der Waals surface area contributed by atoms with Gasteiger partial charge in [-0.25, -0.2) is 4.98 Å². The molecule has 1 fully saturated rings. The van der Waals surface area contributed by atoms with Crippen LogP contribution in [0.1, 0.15) is 45.1 Å². The topological polar surface area (TPSA) is 52.0 Å². The summed E-state index contributed by atoms with van der Waals surface area (Å²) in [5.41, 5.74) is 1.56. The van der Waals surface area contributed by atoms with Gasteiger partial charge in [0.1, 0.15) is 5.82 Å². The lowest BCUT2D eigenvalue weighted by Gasteiger charge is -2.35. The zero-order valence-electron chi connectivity index (χ0n) is 21.5. The third kappa shape index (κ3) is 8.02. The minimum Gasteiger partial charge on any atom is -0.376 e. The lowest BCUT2D eigenvalue weighted by molar-refractivity contribution is -0.0884. The van der Waals surface area contributed by atoms with Crippen LogP contribution >= 0.6 is 0 Å². The second-order valence-electron chi connectivity index (χ2n) is 8.59. The predicted octanol–water partition coefficient (Wildman–Crippen LogP) is 7.54. The summed E-state index contributed by atoms with van der Waals surface area (Å²) < 4.78 is 40.4. The zero-order valence-corrected chi connectivity index (χ0v) is 21.5. The van der Waals surface area contributed by atoms with Crippen molar-refractivity contribution in [2.45, 2.75) is 51.7 Å². The average molecular weight is 507 g/mol. The van der Waals surface area contributed by atoms with E-state index in [9.17, 15) is 18.4 Å². The number of rotatable bonds is 7. The van der Waals surface area contributed by atoms with E-state index in [0.29, 0.717) is 29.8 Å². The number of aromatic nitrogens is 1. The molecule has 4 nitrogen and oxygen atoms in total. The van der Waals surface area contributed by atoms with Crippen molar-refractivity contribution in [2.24, 2.45) is 0 Å². The van der Waals surface area contributed by atoms with E-state index < -0.39 is 11.7 Å². The Hall–Kier alpha value is -3.97. The van der Waals surface area contributed by atoms with Gasteiger partial charge >= 0.3 is 6.18 Å². The summed E-state index contributed by atoms with van der Waals surface area (Å²) in [4.78, 5) is 6.67. The van der Waals surface area contributed by atoms with E-state index in [1.807, 2.05) is 31.3 Å². The molecule has 7 heteroatoms. The van der Waals surface area contributed by atoms with Crippen LogP contribution in [0.15, 0.2) is 77.7 Å². The highest BCUT2D eigenvalue weighted by Gasteiger charge is 2.31. The van der Waals surface area contributed by atoms with E-state index in [1.165, 1.54) is 12.2 Å². The fourth-order valence-electron chi connectivity index (χ4n) is 4.33. The van der Waals surface area contributed by atoms with Gasteiger partial charge in [-0.15, -0.1) is 12.8 Å². The van der Waals surface area contributed by atoms with E-state index in [4.69, 9.17) is 0 Å². The molecule has 0 bridgehead atoms. The van der Waals surface area contributed by atoms with Gasteiger partial charge < -0.3 is 10.2 Å². The number of hydrogen-bond donors (Lipinski definition) is 1. The third-order valence-electron chi connectivity index (χ3n) is 6.01. The number of likely N-dealkylation sites (tertiary alicyclic amines) is 1. The summed E-state index contributed by atoms with van der Waals surface area (Å²) in [6.45, 7) is 4.37. The summed E-state index contributed by atoms with van der Waals surface area (Å²) in [5, 5.41) is 14.7. The van der Waals surface area contributed by atoms with Gasteiger partial charge in [0.2, 0.25) is 0 Å². The number of nitriles is 1. The second kappa shape index (κ2) is 13.9. The Morgan fingerprint density at radius 2 is 2.05 bits per heavy atom. The molecule has 1 N–H and O–H groups in total. The van der Waals surface area contributed by atoms with Crippen LogP contribution in [0.2, 0.25) is 0 Å². The number of nitrogens with zero attached hydrogens (tertiary/aromatic N) is 3. The van der Waals surface area contributed by atoms with Gasteiger partial charge in [-0.2, -0.15) is 18.4 Å². The van der Waals surface area contributed by atoms with Crippen molar-refractivity contribution in [2.75, 3.05) is 18.9 Å². The van der Waals surface area contributed by atoms with E-state index in [2.05, 4.69) is 34.1 Å². The maximum Gasteiger partial charge on any atom is 0.416 e. The van der Waals surface area contributed by atoms with Crippen LogP contribution in [0.5, 0.6) is 0 Å². The lowest BCUT2D eigenvalue weighted by Crippen LogP contribution is -2.38. The van der Waals surface area contributed by atoms with Crippen molar-refractivity contribution in [3.8, 4) is 18.9 Å². The van der Waals surface area contributed by atoms with Crippen molar-refractivity contribution >= 4 is 16.6 Å². The number of likely N-dealkylation sites (N-methyl/N-ethyl adjacent to an activating group) is 1. The number of anilines is 1. The number of allylic oxidation sites excluding steroid dienone is 7. The van der Waals surface area contributed by atoms with Crippen molar-refractivity contribution < 1.29 is 13.2 Å². The lowest BCUT2D eigenvalue weighted by atomic mass is 9.98. The highest BCUT2D eigenvalue weighted by Crippen LogP contribution is 2.31. The highest BCUT2D eigenvalue weighted by atomic mass is 19.4. The van der Waals surface area contributed by atoms with E-state index >= 15 is 0 Å². The van der Waals surface area contributed by atoms with Gasteiger partial charge in [0.25, 0.3) is 0 Å². The molecule has 0 aliphatic carbocycles. The fraction of sp³-hybridized carbons (Fsp3) is 0.333. The Kier molecular flexibility index (Phi) is 11.0. The van der Waals surface area contributed by atoms with Crippen LogP contribution in [0, 0.1) is 24.2 Å². The largest absolute Gasteiger partial charge is 0.416 e. The normalized spacial score (nSPS) is 18.0. The maximum atomic E-state index is 13.5. The number of hydrogen-bond acceptors (Lipinski definition) is 4. The molecule has 1 unspecified atom stereocenters. The molecule has 1 aliphatic rings. The average Bonchev–Trinajstić information content (AvgIpc) is 2.88. The molecule has 1 atom stereocenters. The summed E-state index contributed by atoms with van der Waals surface area (Å²) in [7, 11) is 2.00. The van der Waals surface area contributed by atoms with E-state index in [0.717, 1.165) is 35.9 Å². The smallest absolute Gasteiger partial charge is 0.376 e. The van der Waals surface area contributed by atoms with Crippen molar-refractivity contribution in [1.82, 2.24) is 9.88 Å². The Labute approximate surface area is 217 Å². The molecular formula is C30H33F3N4. The molecule has 1 aromatic heterocycles. The Bertz CT molecular complexity index is 1240. The summed E-state index contributed by atoms with van der Waals surface area (Å²) in [6.07, 6.45) is 15.8. The monoisotopic (exact) mass is 506 g/mol. The summed E-state index contributed by atoms with van der Waals surface area (Å²) >= 11 is 0. The second-order valence-corrected chi connectivity index (χ2v) is 8.59. The minimum atomic E-state index is -4.38. The van der Waals surface area contributed by atoms with Crippen LogP contribution in [0.4, 0.5) is 19.0 Å². The first-order chi connectivity index (χ1) is 17.8. The number of terminal acetylenes is 1. The van der Waals surface area contributed by atoms with Gasteiger partial charge in [0.05, 0.1) is 23.2 Å². The summed E-state index contributed by atoms with van der Waals surface area (Å²) in [6, 6.07) is 9.54. The number of pyridine rings is 1. The van der Waals surface area contributed by atoms with E-state index in [-0.39, 0.29) is 6.04 Å². The molecule has 0 radical (unpaired) electrons. The number of benzene rings is 1. The van der Waals surface area contributed by atoms with Gasteiger partial charge in [-0.3, -0.25) is 0 Å². The molecule has 3 rings (SSSR count). The predicted molar refractivity (Wildman–Crippen MR) is 146 cm³/mol. The molecule has 0 saturated carbocycles. The number of nitrogens with one attached hydrogen (secondary N) is 1. The maximum absolute atomic E-state index is 13.5. The Morgan fingerprint density at radius 3 is 2.70 bits per heavy atom. The van der Waals surface area contributed by atoms with Crippen LogP contribution in [0.25, 0.3) is 10.8 Å². The minimum absolute atomic E-state index is 0.0438. The van der Waals surface area contributed by atoms with Gasteiger partial charge in [-0.05, 0) is 67.8 Å². The molecule has 1 aliphatic heterocycles. The first kappa shape index (κ1) is 29.3. The standard InChI is InChI=1S/C28H31F3N4.C2H2/c1-4-7-20(17-23(8-5-2)28(29,30)31)11-13-26-25(9-6-16-35(26)3)34-27-24-18-21(19-32)10-12-22(24)14-15-33-27;1-2/h4,7-8,10,12-15,17-18,25H,5-6,9,11,16H2,1-3H3,(H,33,34);1-2H/b7-4-,20-17+,23-8-,26-13-;. The first-order valence-electron chi connectivity index (χ1n) is 12.2. The first-order valence-corrected chi connectivity index (χ1v) is 12.2. The highest BCUT2D eigenvalue weighted by molar-refractivity contribution is 5.92. The van der Waals surface area contributed by atoms with Crippen LogP contribution in [-0.2, 0) is 0 Å². The molecular weight excluding hydrogens is 473 g/mol. The number of halogens is 3. The summed E-state index contributed by atoms with van der Waals surface area (Å²) in [5.74, 6) is 0.695. The van der Waals surface area contributed by atoms with Crippen molar-refractivity contribution in [1.29, 1.82) is 5.26 Å². The van der Waals surface area contributed by atoms with Gasteiger partial charge in [0, 0.05) is 30.9 Å². The van der Waals surface area contributed by atoms with Crippen LogP contribution in [-0.4, -0.2) is 35.7 Å². The number of alkyl halides is 3. The van der Waals surface area contributed by atoms with Crippen LogP contribution < -0.4 is 5.32 Å². The number of fused-ring (bicyclic) bond motifs is 1. The molecule has 1 saturated heterocycles. The molecule has 1 aromatic carbocycles. The molecule has 2 heterocycles. The number of piperidine rings is 1. The molecule has 37 heavy (non-hydrogen) atoms. The molecule has 2 aromatic rings. The molecule has 194 valence electrons. The van der Waals surface area contributed by atoms with E-state index in [1.54, 1.807) is 38.3 Å². The van der Waals surface area contributed by atoms with Gasteiger partial charge in [0.15, 0.2) is 0 Å². The zero-order chi connectivity index (χ0) is 27.4. The van der Waals surface area contributed by atoms with Crippen LogP contribution in [0.3, 0.4) is 0 Å². The molecule has 0 amide bonds.